The number of halogens is 4. The molecule has 10 nitrogen and oxygen atoms in total. The van der Waals surface area contributed by atoms with E-state index in [1.165, 1.54) is 41.9 Å². The van der Waals surface area contributed by atoms with Crippen LogP contribution in [0.1, 0.15) is 47.0 Å². The minimum Gasteiger partial charge on any atom is -0.478 e. The van der Waals surface area contributed by atoms with Crippen molar-refractivity contribution in [2.45, 2.75) is 6.54 Å². The average Bonchev–Trinajstić information content (AvgIpc) is 4.09. The number of ether oxygens (including phenoxy) is 1. The predicted octanol–water partition coefficient (Wildman–Crippen LogP) is 15.0. The zero-order chi connectivity index (χ0) is 49.5. The van der Waals surface area contributed by atoms with Crippen LogP contribution in [-0.2, 0) is 11.3 Å². The van der Waals surface area contributed by atoms with Crippen molar-refractivity contribution in [1.82, 2.24) is 15.3 Å². The summed E-state index contributed by atoms with van der Waals surface area (Å²) in [6, 6.07) is 44.1. The molecule has 0 saturated heterocycles. The lowest BCUT2D eigenvalue weighted by Gasteiger charge is -2.10. The van der Waals surface area contributed by atoms with Gasteiger partial charge in [0.2, 0.25) is 0 Å². The SMILES string of the molecule is COC(=O)c1cc(-c2nc(-c3ccc(Cl)c(Cl)c3)cs2)ccc1-c1ccc(C(=O)O)cc1.O=C(NCc1ccccc1)c1ccc(-c2ccc(-c3nc(-c4ccc(Cl)c(Cl)c4)cs3)cc2C(=O)O)cc1. The van der Waals surface area contributed by atoms with E-state index in [-0.39, 0.29) is 17.0 Å². The molecule has 0 saturated carbocycles. The van der Waals surface area contributed by atoms with Crippen LogP contribution in [0.25, 0.3) is 65.9 Å². The van der Waals surface area contributed by atoms with Gasteiger partial charge in [0.1, 0.15) is 10.0 Å². The molecule has 0 bridgehead atoms. The molecule has 0 radical (unpaired) electrons. The van der Waals surface area contributed by atoms with Crippen LogP contribution < -0.4 is 5.32 Å². The van der Waals surface area contributed by atoms with E-state index in [0.29, 0.717) is 70.6 Å². The zero-order valence-electron chi connectivity index (χ0n) is 36.5. The molecule has 0 aliphatic heterocycles. The standard InChI is InChI=1S/C30H20Cl2N2O3S.C24H15Cl2NO4S/c31-25-13-11-21(15-26(25)32)27-17-38-29(34-27)22-10-12-23(24(14-22)30(36)37)19-6-8-20(9-7-19)28(35)33-16-18-4-2-1-3-5-18;1-31-24(30)18-10-16(6-8-17(18)13-2-4-14(5-3-13)23(28)29)22-27-21(12-32-22)15-7-9-19(25)20(26)11-15/h1-15,17H,16H2,(H,33,35)(H,36,37);2-12H,1H3,(H,28,29). The molecule has 7 aromatic carbocycles. The van der Waals surface area contributed by atoms with E-state index < -0.39 is 17.9 Å². The van der Waals surface area contributed by atoms with E-state index in [0.717, 1.165) is 38.6 Å². The first-order chi connectivity index (χ1) is 33.8. The highest BCUT2D eigenvalue weighted by atomic mass is 35.5. The maximum atomic E-state index is 12.6. The van der Waals surface area contributed by atoms with E-state index in [9.17, 15) is 24.3 Å². The summed E-state index contributed by atoms with van der Waals surface area (Å²) in [4.78, 5) is 57.7. The van der Waals surface area contributed by atoms with Gasteiger partial charge in [-0.15, -0.1) is 22.7 Å². The van der Waals surface area contributed by atoms with Gasteiger partial charge in [-0.25, -0.2) is 24.4 Å². The van der Waals surface area contributed by atoms with Gasteiger partial charge >= 0.3 is 17.9 Å². The van der Waals surface area contributed by atoms with Crippen molar-refractivity contribution in [3.8, 4) is 65.9 Å². The van der Waals surface area contributed by atoms with Crippen LogP contribution in [0.5, 0.6) is 0 Å². The molecule has 2 aromatic heterocycles. The Hall–Kier alpha value is -7.16. The van der Waals surface area contributed by atoms with Crippen molar-refractivity contribution < 1.29 is 34.1 Å². The Balaban J connectivity index is 0.000000191. The Morgan fingerprint density at radius 1 is 0.514 bits per heavy atom. The average molecular weight is 1040 g/mol. The van der Waals surface area contributed by atoms with Crippen molar-refractivity contribution in [1.29, 1.82) is 0 Å². The number of carboxylic acid groups (broad SMARTS) is 2. The molecule has 0 aliphatic carbocycles. The molecular weight excluding hydrogens is 1010 g/mol. The molecule has 348 valence electrons. The second-order valence-corrected chi connectivity index (χ2v) is 18.6. The van der Waals surface area contributed by atoms with Gasteiger partial charge in [-0.2, -0.15) is 0 Å². The number of hydrogen-bond donors (Lipinski definition) is 3. The fraction of sp³-hybridized carbons (Fsp3) is 0.0370. The first-order valence-electron chi connectivity index (χ1n) is 20.9. The molecule has 0 fully saturated rings. The number of methoxy groups -OCH3 is 1. The minimum absolute atomic E-state index is 0.148. The van der Waals surface area contributed by atoms with Crippen LogP contribution in [0.4, 0.5) is 0 Å². The molecule has 2 heterocycles. The van der Waals surface area contributed by atoms with Gasteiger partial charge < -0.3 is 20.3 Å². The third kappa shape index (κ3) is 11.5. The summed E-state index contributed by atoms with van der Waals surface area (Å²) in [6.45, 7) is 0.426. The van der Waals surface area contributed by atoms with E-state index in [1.807, 2.05) is 65.4 Å². The number of aromatic nitrogens is 2. The summed E-state index contributed by atoms with van der Waals surface area (Å²) in [5, 5.41) is 29.0. The number of aromatic carboxylic acids is 2. The number of hydrogen-bond acceptors (Lipinski definition) is 9. The fourth-order valence-corrected chi connectivity index (χ4v) is 9.42. The van der Waals surface area contributed by atoms with Crippen molar-refractivity contribution in [2.24, 2.45) is 0 Å². The number of nitrogens with zero attached hydrogens (tertiary/aromatic N) is 2. The summed E-state index contributed by atoms with van der Waals surface area (Å²) in [7, 11) is 1.32. The topological polar surface area (TPSA) is 156 Å². The maximum absolute atomic E-state index is 12.6. The number of thiazole rings is 2. The predicted molar refractivity (Wildman–Crippen MR) is 280 cm³/mol. The lowest BCUT2D eigenvalue weighted by Crippen LogP contribution is -2.22. The number of carboxylic acids is 2. The van der Waals surface area contributed by atoms with Gasteiger partial charge in [-0.1, -0.05) is 137 Å². The highest BCUT2D eigenvalue weighted by molar-refractivity contribution is 7.13. The van der Waals surface area contributed by atoms with Crippen molar-refractivity contribution in [2.75, 3.05) is 7.11 Å². The minimum atomic E-state index is -1.05. The molecule has 9 rings (SSSR count). The van der Waals surface area contributed by atoms with Gasteiger partial charge in [0.05, 0.1) is 55.3 Å². The highest BCUT2D eigenvalue weighted by Crippen LogP contribution is 2.37. The normalized spacial score (nSPS) is 10.8. The Labute approximate surface area is 429 Å². The van der Waals surface area contributed by atoms with Crippen molar-refractivity contribution >= 4 is 92.9 Å². The number of carbonyl (C=O) groups is 4. The third-order valence-corrected chi connectivity index (χ3v) is 14.1. The van der Waals surface area contributed by atoms with Crippen molar-refractivity contribution in [3.05, 3.63) is 210 Å². The summed E-state index contributed by atoms with van der Waals surface area (Å²) in [5.41, 5.74) is 9.37. The van der Waals surface area contributed by atoms with Gasteiger partial charge in [-0.3, -0.25) is 4.79 Å². The number of esters is 1. The molecule has 70 heavy (non-hydrogen) atoms. The van der Waals surface area contributed by atoms with Gasteiger partial charge in [-0.05, 0) is 88.5 Å². The number of nitrogens with one attached hydrogen (secondary N) is 1. The first kappa shape index (κ1) is 49.3. The zero-order valence-corrected chi connectivity index (χ0v) is 41.1. The van der Waals surface area contributed by atoms with Crippen LogP contribution in [0.2, 0.25) is 20.1 Å². The van der Waals surface area contributed by atoms with Crippen LogP contribution in [0.3, 0.4) is 0 Å². The summed E-state index contributed by atoms with van der Waals surface area (Å²) in [5.74, 6) is -2.75. The molecule has 16 heteroatoms. The highest BCUT2D eigenvalue weighted by Gasteiger charge is 2.19. The molecular formula is C54H35Cl4N3O7S2. The van der Waals surface area contributed by atoms with Gasteiger partial charge in [0.15, 0.2) is 0 Å². The first-order valence-corrected chi connectivity index (χ1v) is 24.2. The molecule has 0 atom stereocenters. The summed E-state index contributed by atoms with van der Waals surface area (Å²) in [6.07, 6.45) is 0. The lowest BCUT2D eigenvalue weighted by atomic mass is 9.96. The molecule has 0 spiro atoms. The second-order valence-electron chi connectivity index (χ2n) is 15.3. The second kappa shape index (κ2) is 22.1. The molecule has 0 aliphatic rings. The van der Waals surface area contributed by atoms with Gasteiger partial charge in [0.25, 0.3) is 5.91 Å². The third-order valence-electron chi connectivity index (χ3n) is 10.8. The smallest absolute Gasteiger partial charge is 0.338 e. The Morgan fingerprint density at radius 2 is 0.971 bits per heavy atom. The lowest BCUT2D eigenvalue weighted by molar-refractivity contribution is 0.0599. The van der Waals surface area contributed by atoms with E-state index in [4.69, 9.17) is 56.2 Å². The monoisotopic (exact) mass is 1040 g/mol. The Bertz CT molecular complexity index is 3420. The summed E-state index contributed by atoms with van der Waals surface area (Å²) < 4.78 is 4.97. The number of carbonyl (C=O) groups excluding carboxylic acids is 2. The number of amides is 1. The van der Waals surface area contributed by atoms with E-state index in [2.05, 4.69) is 15.3 Å². The maximum Gasteiger partial charge on any atom is 0.338 e. The largest absolute Gasteiger partial charge is 0.478 e. The van der Waals surface area contributed by atoms with Gasteiger partial charge in [0, 0.05) is 45.1 Å². The van der Waals surface area contributed by atoms with Crippen LogP contribution in [0, 0.1) is 0 Å². The molecule has 3 N–H and O–H groups in total. The number of rotatable bonds is 12. The number of benzene rings is 7. The van der Waals surface area contributed by atoms with E-state index >= 15 is 0 Å². The Kier molecular flexibility index (Phi) is 15.5. The quantitative estimate of drug-likeness (QED) is 0.101. The van der Waals surface area contributed by atoms with Crippen LogP contribution >= 0.6 is 69.1 Å². The molecule has 9 aromatic rings. The molecule has 0 unspecified atom stereocenters. The molecule has 1 amide bonds. The van der Waals surface area contributed by atoms with Crippen LogP contribution in [0.15, 0.2) is 162 Å². The summed E-state index contributed by atoms with van der Waals surface area (Å²) >= 11 is 27.1. The van der Waals surface area contributed by atoms with Crippen LogP contribution in [-0.4, -0.2) is 51.1 Å². The fourth-order valence-electron chi connectivity index (χ4n) is 7.18. The van der Waals surface area contributed by atoms with Crippen molar-refractivity contribution in [3.63, 3.8) is 0 Å². The Morgan fingerprint density at radius 3 is 1.44 bits per heavy atom. The van der Waals surface area contributed by atoms with E-state index in [1.54, 1.807) is 84.9 Å².